The molecule has 404 valence electrons. The lowest BCUT2D eigenvalue weighted by Crippen LogP contribution is -2.25. The van der Waals surface area contributed by atoms with Gasteiger partial charge in [0.15, 0.2) is 0 Å². The Balaban J connectivity index is 0.827. The molecule has 15 rings (SSSR count). The first kappa shape index (κ1) is 40.5. The van der Waals surface area contributed by atoms with Crippen molar-refractivity contribution in [3.63, 3.8) is 0 Å². The standard InChI is InChI=1S/C77H64N4O2/c1-77(2,3)56-45-65(51-23-8-4-9-24-51)75(66(46-56)52-25-10-5-11-26-52)80-50-79(68-39-18-19-40-69(68)80)57-33-22-34-58(47-57)82-59-41-42-62-61-35-16-17-38-67(61)81(70(62)48-59)71-49-60(43-44-78-71)83-76-73(54-27-12-6-13-28-54)63-36-20-31-53-32-21-37-64(72(53)63)74(76)55-29-14-7-15-30-55/h4-19,22-30,33-35,38-49,53H,20-21,31-32,36-37,50H2,1-3H3/i4D,5D,8D,9D,10D,11D,23D,24D,25D,26D. The van der Waals surface area contributed by atoms with Crippen molar-refractivity contribution in [2.45, 2.75) is 70.6 Å². The van der Waals surface area contributed by atoms with Gasteiger partial charge in [-0.1, -0.05) is 178 Å². The first-order chi connectivity index (χ1) is 44.9. The molecule has 0 saturated carbocycles. The number of benzene rings is 10. The van der Waals surface area contributed by atoms with Gasteiger partial charge < -0.3 is 19.3 Å². The maximum Gasteiger partial charge on any atom is 0.143 e. The minimum absolute atomic E-state index is 0.0861. The van der Waals surface area contributed by atoms with E-state index in [1.165, 1.54) is 40.7 Å². The number of nitrogens with zero attached hydrogens (tertiary/aromatic N) is 4. The average Bonchev–Trinajstić information content (AvgIpc) is 1.72. The SMILES string of the molecule is [2H]c1c([2H])c([2H])c(-c2cc(C(C)(C)C)cc(-c3c([2H])c([2H])c([2H])c([2H])c3[2H])c2N2CN(c3cccc(Oc4ccc5c6ccccc6n(-c6cc(Oc7c(-c8ccccc8)c8c9c(c7-c7ccccc7)CCCC9CCC8)ccn6)c5c4)c3)c3ccccc32)c([2H])c1[2H]. The van der Waals surface area contributed by atoms with Crippen LogP contribution in [0.15, 0.2) is 243 Å². The zero-order valence-corrected chi connectivity index (χ0v) is 46.5. The molecule has 0 amide bonds. The lowest BCUT2D eigenvalue weighted by atomic mass is 9.69. The van der Waals surface area contributed by atoms with E-state index in [2.05, 4.69) is 88.3 Å². The molecule has 0 radical (unpaired) electrons. The van der Waals surface area contributed by atoms with Crippen molar-refractivity contribution in [3.05, 3.63) is 265 Å². The zero-order chi connectivity index (χ0) is 64.3. The number of rotatable bonds is 11. The topological polar surface area (TPSA) is 42.8 Å². The Hall–Kier alpha value is -9.65. The lowest BCUT2D eigenvalue weighted by molar-refractivity contribution is 0.461. The summed E-state index contributed by atoms with van der Waals surface area (Å²) in [5.74, 6) is 3.86. The van der Waals surface area contributed by atoms with E-state index in [0.717, 1.165) is 75.7 Å². The molecule has 0 unspecified atom stereocenters. The van der Waals surface area contributed by atoms with Crippen LogP contribution in [0.5, 0.6) is 23.0 Å². The van der Waals surface area contributed by atoms with Crippen LogP contribution >= 0.6 is 0 Å². The maximum atomic E-state index is 9.35. The summed E-state index contributed by atoms with van der Waals surface area (Å²) in [6.45, 7) is 5.99. The van der Waals surface area contributed by atoms with Crippen molar-refractivity contribution in [3.8, 4) is 73.3 Å². The molecule has 1 aliphatic heterocycles. The summed E-state index contributed by atoms with van der Waals surface area (Å²) in [4.78, 5) is 9.08. The van der Waals surface area contributed by atoms with E-state index >= 15 is 0 Å². The van der Waals surface area contributed by atoms with Gasteiger partial charge in [-0.2, -0.15) is 0 Å². The van der Waals surface area contributed by atoms with Gasteiger partial charge in [-0.05, 0) is 155 Å². The van der Waals surface area contributed by atoms with Gasteiger partial charge in [-0.3, -0.25) is 4.57 Å². The highest BCUT2D eigenvalue weighted by Crippen LogP contribution is 2.56. The van der Waals surface area contributed by atoms with Gasteiger partial charge in [0.2, 0.25) is 0 Å². The molecule has 6 heteroatoms. The second kappa shape index (κ2) is 20.7. The van der Waals surface area contributed by atoms with Crippen LogP contribution in [0.1, 0.15) is 88.3 Å². The van der Waals surface area contributed by atoms with Gasteiger partial charge in [0.25, 0.3) is 0 Å². The second-order valence-corrected chi connectivity index (χ2v) is 22.9. The van der Waals surface area contributed by atoms with Gasteiger partial charge >= 0.3 is 0 Å². The number of pyridine rings is 1. The lowest BCUT2D eigenvalue weighted by Gasteiger charge is -2.36. The Kier molecular flexibility index (Phi) is 10.1. The monoisotopic (exact) mass is 1090 g/mol. The van der Waals surface area contributed by atoms with Crippen molar-refractivity contribution in [2.24, 2.45) is 0 Å². The largest absolute Gasteiger partial charge is 0.457 e. The summed E-state index contributed by atoms with van der Waals surface area (Å²) in [7, 11) is 0. The highest BCUT2D eigenvalue weighted by molar-refractivity contribution is 6.09. The normalized spacial score (nSPS) is 15.7. The molecule has 0 fully saturated rings. The van der Waals surface area contributed by atoms with Crippen LogP contribution in [-0.4, -0.2) is 16.2 Å². The molecule has 3 heterocycles. The van der Waals surface area contributed by atoms with E-state index in [1.54, 1.807) is 0 Å². The first-order valence-corrected chi connectivity index (χ1v) is 28.7. The number of para-hydroxylation sites is 3. The molecule has 0 saturated heterocycles. The highest BCUT2D eigenvalue weighted by Gasteiger charge is 2.36. The van der Waals surface area contributed by atoms with Crippen LogP contribution < -0.4 is 19.3 Å². The maximum absolute atomic E-state index is 9.35. The number of aromatic nitrogens is 2. The van der Waals surface area contributed by atoms with E-state index in [4.69, 9.17) is 22.7 Å². The number of fused-ring (bicyclic) bond motifs is 4. The summed E-state index contributed by atoms with van der Waals surface area (Å²) in [6.07, 6.45) is 8.53. The average molecular weight is 1090 g/mol. The number of ether oxygens (including phenoxy) is 2. The fourth-order valence-electron chi connectivity index (χ4n) is 13.2. The predicted molar refractivity (Wildman–Crippen MR) is 343 cm³/mol. The van der Waals surface area contributed by atoms with E-state index in [0.29, 0.717) is 45.9 Å². The Bertz CT molecular complexity index is 4820. The molecule has 2 aliphatic carbocycles. The molecule has 0 atom stereocenters. The van der Waals surface area contributed by atoms with Crippen LogP contribution in [0.2, 0.25) is 0 Å². The van der Waals surface area contributed by atoms with Gasteiger partial charge in [-0.25, -0.2) is 4.98 Å². The molecule has 12 aromatic rings. The van der Waals surface area contributed by atoms with Gasteiger partial charge in [0.1, 0.15) is 35.5 Å². The third-order valence-corrected chi connectivity index (χ3v) is 16.9. The quantitative estimate of drug-likeness (QED) is 0.129. The Morgan fingerprint density at radius 2 is 1.08 bits per heavy atom. The molecule has 10 aromatic carbocycles. The fourth-order valence-corrected chi connectivity index (χ4v) is 13.2. The Morgan fingerprint density at radius 3 is 1.73 bits per heavy atom. The minimum Gasteiger partial charge on any atom is -0.457 e. The third kappa shape index (κ3) is 9.01. The van der Waals surface area contributed by atoms with Crippen molar-refractivity contribution in [1.29, 1.82) is 0 Å². The van der Waals surface area contributed by atoms with Crippen molar-refractivity contribution < 1.29 is 23.2 Å². The predicted octanol–water partition coefficient (Wildman–Crippen LogP) is 20.7. The molecule has 6 nitrogen and oxygen atoms in total. The third-order valence-electron chi connectivity index (χ3n) is 16.9. The Labute approximate surface area is 500 Å². The Morgan fingerprint density at radius 1 is 0.506 bits per heavy atom. The molecular weight excluding hydrogens is 1010 g/mol. The van der Waals surface area contributed by atoms with Gasteiger partial charge in [-0.15, -0.1) is 0 Å². The summed E-state index contributed by atoms with van der Waals surface area (Å²) in [5, 5.41) is 2.06. The summed E-state index contributed by atoms with van der Waals surface area (Å²) in [5.41, 5.74) is 13.6. The van der Waals surface area contributed by atoms with Crippen molar-refractivity contribution in [1.82, 2.24) is 9.55 Å². The fraction of sp³-hybridized carbons (Fsp3) is 0.156. The van der Waals surface area contributed by atoms with Crippen LogP contribution in [0, 0.1) is 0 Å². The molecule has 0 N–H and O–H groups in total. The molecule has 2 aromatic heterocycles. The number of anilines is 4. The molecule has 0 bridgehead atoms. The molecule has 0 spiro atoms. The summed E-state index contributed by atoms with van der Waals surface area (Å²) < 4.78 is 106. The molecular formula is C77H64N4O2. The van der Waals surface area contributed by atoms with E-state index in [1.807, 2.05) is 129 Å². The van der Waals surface area contributed by atoms with Crippen LogP contribution in [0.4, 0.5) is 22.7 Å². The molecule has 3 aliphatic rings. The van der Waals surface area contributed by atoms with E-state index < -0.39 is 65.8 Å². The smallest absolute Gasteiger partial charge is 0.143 e. The number of hydrogen-bond donors (Lipinski definition) is 0. The summed E-state index contributed by atoms with van der Waals surface area (Å²) >= 11 is 0. The van der Waals surface area contributed by atoms with Crippen molar-refractivity contribution in [2.75, 3.05) is 16.5 Å². The van der Waals surface area contributed by atoms with Crippen LogP contribution in [0.3, 0.4) is 0 Å². The highest BCUT2D eigenvalue weighted by atomic mass is 16.5. The molecule has 83 heavy (non-hydrogen) atoms. The van der Waals surface area contributed by atoms with Crippen LogP contribution in [-0.2, 0) is 18.3 Å². The zero-order valence-electron chi connectivity index (χ0n) is 56.5. The number of hydrogen-bond acceptors (Lipinski definition) is 5. The van der Waals surface area contributed by atoms with Crippen LogP contribution in [0.25, 0.3) is 72.1 Å². The van der Waals surface area contributed by atoms with E-state index in [-0.39, 0.29) is 28.9 Å². The van der Waals surface area contributed by atoms with E-state index in [9.17, 15) is 5.48 Å². The second-order valence-electron chi connectivity index (χ2n) is 22.9. The van der Waals surface area contributed by atoms with Gasteiger partial charge in [0, 0.05) is 63.1 Å². The summed E-state index contributed by atoms with van der Waals surface area (Å²) in [6, 6.07) is 53.9. The van der Waals surface area contributed by atoms with Gasteiger partial charge in [0.05, 0.1) is 41.8 Å². The first-order valence-electron chi connectivity index (χ1n) is 33.7. The van der Waals surface area contributed by atoms with Crippen molar-refractivity contribution >= 4 is 44.6 Å². The minimum atomic E-state index is -0.626.